The highest BCUT2D eigenvalue weighted by Crippen LogP contribution is 2.41. The zero-order valence-corrected chi connectivity index (χ0v) is 20.1. The van der Waals surface area contributed by atoms with Gasteiger partial charge in [0.2, 0.25) is 0 Å². The van der Waals surface area contributed by atoms with Crippen molar-refractivity contribution in [2.24, 2.45) is 7.05 Å². The smallest absolute Gasteiger partial charge is 0.332 e. The minimum atomic E-state index is -0.485. The quantitative estimate of drug-likeness (QED) is 0.445. The van der Waals surface area contributed by atoms with Crippen molar-refractivity contribution >= 4 is 17.4 Å². The molecule has 1 saturated heterocycles. The predicted molar refractivity (Wildman–Crippen MR) is 136 cm³/mol. The fourth-order valence-corrected chi connectivity index (χ4v) is 4.75. The summed E-state index contributed by atoms with van der Waals surface area (Å²) < 4.78 is 17.6. The Balaban J connectivity index is 1.55. The normalized spacial score (nSPS) is 16.0. The SMILES string of the molecule is C[C@H]1CNCCN1c1cc(-c2cc(F)cc(-c3ccc(-n4ccn(C)c4=O)c(Cl)c3)c2O)ccn1. The van der Waals surface area contributed by atoms with Crippen molar-refractivity contribution in [3.05, 3.63) is 82.4 Å². The van der Waals surface area contributed by atoms with Gasteiger partial charge in [-0.2, -0.15) is 0 Å². The van der Waals surface area contributed by atoms with Crippen molar-refractivity contribution in [1.82, 2.24) is 19.4 Å². The minimum Gasteiger partial charge on any atom is -0.507 e. The lowest BCUT2D eigenvalue weighted by Crippen LogP contribution is -2.50. The van der Waals surface area contributed by atoms with Crippen molar-refractivity contribution in [2.45, 2.75) is 13.0 Å². The van der Waals surface area contributed by atoms with E-state index in [1.807, 2.05) is 6.07 Å². The maximum Gasteiger partial charge on any atom is 0.332 e. The van der Waals surface area contributed by atoms with Crippen molar-refractivity contribution < 1.29 is 9.50 Å². The Hall–Kier alpha value is -3.62. The number of hydrogen-bond acceptors (Lipinski definition) is 5. The number of imidazole rings is 1. The number of nitrogens with zero attached hydrogens (tertiary/aromatic N) is 4. The Morgan fingerprint density at radius 2 is 1.86 bits per heavy atom. The second kappa shape index (κ2) is 9.20. The number of benzene rings is 2. The van der Waals surface area contributed by atoms with Crippen LogP contribution in [0.25, 0.3) is 27.9 Å². The average Bonchev–Trinajstić information content (AvgIpc) is 3.18. The van der Waals surface area contributed by atoms with E-state index in [-0.39, 0.29) is 17.5 Å². The molecule has 0 aliphatic carbocycles. The molecular weight excluding hydrogens is 469 g/mol. The van der Waals surface area contributed by atoms with E-state index in [1.165, 1.54) is 21.3 Å². The van der Waals surface area contributed by atoms with E-state index in [2.05, 4.69) is 22.1 Å². The van der Waals surface area contributed by atoms with Gasteiger partial charge in [0, 0.05) is 62.4 Å². The molecule has 0 saturated carbocycles. The second-order valence-corrected chi connectivity index (χ2v) is 9.13. The van der Waals surface area contributed by atoms with Crippen LogP contribution in [0.1, 0.15) is 6.92 Å². The summed E-state index contributed by atoms with van der Waals surface area (Å²) in [5, 5.41) is 14.8. The zero-order chi connectivity index (χ0) is 24.7. The van der Waals surface area contributed by atoms with Crippen molar-refractivity contribution in [1.29, 1.82) is 0 Å². The summed E-state index contributed by atoms with van der Waals surface area (Å²) in [4.78, 5) is 19.0. The van der Waals surface area contributed by atoms with Gasteiger partial charge in [-0.3, -0.25) is 4.57 Å². The van der Waals surface area contributed by atoms with E-state index in [1.54, 1.807) is 49.9 Å². The standard InChI is InChI=1S/C26H25ClFN5O2/c1-16-15-29-7-8-32(16)24-12-18(5-6-30-24)21-14-19(28)13-20(25(21)34)17-3-4-23(22(27)11-17)33-10-9-31(2)26(33)35/h3-6,9-14,16,29,34H,7-8,15H2,1-2H3/t16-/m0/s1. The first-order chi connectivity index (χ1) is 16.8. The van der Waals surface area contributed by atoms with E-state index < -0.39 is 5.82 Å². The lowest BCUT2D eigenvalue weighted by Gasteiger charge is -2.35. The van der Waals surface area contributed by atoms with E-state index in [9.17, 15) is 14.3 Å². The molecule has 35 heavy (non-hydrogen) atoms. The van der Waals surface area contributed by atoms with Gasteiger partial charge in [0.1, 0.15) is 17.4 Å². The van der Waals surface area contributed by atoms with Gasteiger partial charge in [-0.25, -0.2) is 14.2 Å². The summed E-state index contributed by atoms with van der Waals surface area (Å²) in [7, 11) is 1.65. The third-order valence-corrected chi connectivity index (χ3v) is 6.69. The van der Waals surface area contributed by atoms with Gasteiger partial charge < -0.3 is 19.9 Å². The van der Waals surface area contributed by atoms with Gasteiger partial charge >= 0.3 is 5.69 Å². The van der Waals surface area contributed by atoms with E-state index in [4.69, 9.17) is 11.6 Å². The summed E-state index contributed by atoms with van der Waals surface area (Å²) in [6.45, 7) is 4.65. The molecule has 1 atom stereocenters. The van der Waals surface area contributed by atoms with Gasteiger partial charge in [-0.05, 0) is 54.4 Å². The monoisotopic (exact) mass is 493 g/mol. The molecule has 1 aliphatic heterocycles. The molecule has 0 spiro atoms. The molecule has 0 radical (unpaired) electrons. The molecule has 5 rings (SSSR count). The first-order valence-electron chi connectivity index (χ1n) is 11.3. The van der Waals surface area contributed by atoms with Crippen LogP contribution in [0.15, 0.2) is 65.8 Å². The zero-order valence-electron chi connectivity index (χ0n) is 19.4. The highest BCUT2D eigenvalue weighted by atomic mass is 35.5. The molecule has 0 amide bonds. The molecule has 4 aromatic rings. The van der Waals surface area contributed by atoms with Crippen LogP contribution in [0.2, 0.25) is 5.02 Å². The highest BCUT2D eigenvalue weighted by molar-refractivity contribution is 6.32. The maximum atomic E-state index is 14.8. The number of aromatic nitrogens is 3. The Bertz CT molecular complexity index is 1460. The Labute approximate surface area is 207 Å². The second-order valence-electron chi connectivity index (χ2n) is 8.73. The number of piperazine rings is 1. The largest absolute Gasteiger partial charge is 0.507 e. The van der Waals surface area contributed by atoms with Gasteiger partial charge in [0.15, 0.2) is 0 Å². The fraction of sp³-hybridized carbons (Fsp3) is 0.231. The molecule has 0 unspecified atom stereocenters. The van der Waals surface area contributed by atoms with Crippen LogP contribution in [0.3, 0.4) is 0 Å². The summed E-state index contributed by atoms with van der Waals surface area (Å²) in [6, 6.07) is 11.5. The summed E-state index contributed by atoms with van der Waals surface area (Å²) in [6.07, 6.45) is 4.94. The fourth-order valence-electron chi connectivity index (χ4n) is 4.48. The Morgan fingerprint density at radius 1 is 1.11 bits per heavy atom. The van der Waals surface area contributed by atoms with E-state index in [0.717, 1.165) is 25.5 Å². The number of rotatable bonds is 4. The van der Waals surface area contributed by atoms with Gasteiger partial charge in [-0.1, -0.05) is 17.7 Å². The number of anilines is 1. The van der Waals surface area contributed by atoms with Crippen LogP contribution in [0, 0.1) is 5.82 Å². The summed E-state index contributed by atoms with van der Waals surface area (Å²) in [5.41, 5.74) is 2.14. The Kier molecular flexibility index (Phi) is 6.08. The number of hydrogen-bond donors (Lipinski definition) is 2. The van der Waals surface area contributed by atoms with Crippen LogP contribution in [-0.4, -0.2) is 44.9 Å². The molecule has 7 nitrogen and oxygen atoms in total. The molecular formula is C26H25ClFN5O2. The number of pyridine rings is 1. The number of phenolic OH excluding ortho intramolecular Hbond substituents is 1. The van der Waals surface area contributed by atoms with Gasteiger partial charge in [0.05, 0.1) is 10.7 Å². The summed E-state index contributed by atoms with van der Waals surface area (Å²) in [5.74, 6) is 0.237. The number of halogens is 2. The molecule has 0 bridgehead atoms. The molecule has 1 aliphatic rings. The lowest BCUT2D eigenvalue weighted by atomic mass is 9.97. The van der Waals surface area contributed by atoms with Crippen LogP contribution in [0.4, 0.5) is 10.2 Å². The third-order valence-electron chi connectivity index (χ3n) is 6.39. The number of nitrogens with one attached hydrogen (secondary N) is 1. The summed E-state index contributed by atoms with van der Waals surface area (Å²) >= 11 is 6.50. The molecule has 2 aromatic heterocycles. The van der Waals surface area contributed by atoms with Gasteiger partial charge in [-0.15, -0.1) is 0 Å². The van der Waals surface area contributed by atoms with E-state index in [0.29, 0.717) is 33.0 Å². The van der Waals surface area contributed by atoms with Crippen LogP contribution < -0.4 is 15.9 Å². The van der Waals surface area contributed by atoms with Gasteiger partial charge in [0.25, 0.3) is 0 Å². The van der Waals surface area contributed by atoms with Crippen LogP contribution in [0.5, 0.6) is 5.75 Å². The average molecular weight is 494 g/mol. The van der Waals surface area contributed by atoms with E-state index >= 15 is 0 Å². The molecule has 1 fully saturated rings. The Morgan fingerprint density at radius 3 is 2.51 bits per heavy atom. The van der Waals surface area contributed by atoms with Crippen LogP contribution >= 0.6 is 11.6 Å². The van der Waals surface area contributed by atoms with Crippen molar-refractivity contribution in [3.8, 4) is 33.7 Å². The first kappa shape index (κ1) is 23.1. The number of aryl methyl sites for hydroxylation is 1. The highest BCUT2D eigenvalue weighted by Gasteiger charge is 2.21. The van der Waals surface area contributed by atoms with Crippen molar-refractivity contribution in [2.75, 3.05) is 24.5 Å². The van der Waals surface area contributed by atoms with Crippen LogP contribution in [-0.2, 0) is 7.05 Å². The number of phenols is 1. The molecule has 3 heterocycles. The topological polar surface area (TPSA) is 75.3 Å². The molecule has 2 aromatic carbocycles. The maximum absolute atomic E-state index is 14.8. The van der Waals surface area contributed by atoms with Crippen molar-refractivity contribution in [3.63, 3.8) is 0 Å². The first-order valence-corrected chi connectivity index (χ1v) is 11.7. The molecule has 2 N–H and O–H groups in total. The predicted octanol–water partition coefficient (Wildman–Crippen LogP) is 4.20. The number of aromatic hydroxyl groups is 1. The molecule has 180 valence electrons. The molecule has 9 heteroatoms. The lowest BCUT2D eigenvalue weighted by molar-refractivity contribution is 0.477. The minimum absolute atomic E-state index is 0.0578. The third kappa shape index (κ3) is 4.31.